The van der Waals surface area contributed by atoms with Gasteiger partial charge >= 0.3 is 0 Å². The van der Waals surface area contributed by atoms with Gasteiger partial charge < -0.3 is 10.6 Å². The summed E-state index contributed by atoms with van der Waals surface area (Å²) < 4.78 is 0. The average molecular weight is 188 g/mol. The third-order valence-electron chi connectivity index (χ3n) is 1.20. The van der Waals surface area contributed by atoms with Crippen molar-refractivity contribution in [1.29, 1.82) is 0 Å². The van der Waals surface area contributed by atoms with Crippen molar-refractivity contribution in [3.63, 3.8) is 0 Å². The van der Waals surface area contributed by atoms with Crippen molar-refractivity contribution in [2.75, 3.05) is 31.6 Å². The summed E-state index contributed by atoms with van der Waals surface area (Å²) in [5, 5.41) is 5.71. The fourth-order valence-electron chi connectivity index (χ4n) is 0.643. The summed E-state index contributed by atoms with van der Waals surface area (Å²) >= 11 is 1.72. The van der Waals surface area contributed by atoms with Gasteiger partial charge in [-0.05, 0) is 6.26 Å². The van der Waals surface area contributed by atoms with E-state index in [9.17, 15) is 4.79 Å². The number of thioether (sulfide) groups is 1. The maximum absolute atomic E-state index is 11.0. The number of nitrogens with one attached hydrogen (secondary N) is 2. The predicted octanol–water partition coefficient (Wildman–Crippen LogP) is 0.241. The lowest BCUT2D eigenvalue weighted by atomic mass is 10.5. The molecule has 3 nitrogen and oxygen atoms in total. The Balaban J connectivity index is 3.15. The van der Waals surface area contributed by atoms with E-state index >= 15 is 0 Å². The molecule has 0 unspecified atom stereocenters. The molecule has 1 amide bonds. The molecule has 12 heavy (non-hydrogen) atoms. The molecule has 0 aromatic carbocycles. The van der Waals surface area contributed by atoms with Crippen LogP contribution in [0.25, 0.3) is 0 Å². The van der Waals surface area contributed by atoms with Gasteiger partial charge in [0.1, 0.15) is 0 Å². The number of rotatable bonds is 7. The summed E-state index contributed by atoms with van der Waals surface area (Å²) in [5.74, 6) is 1.01. The Bertz CT molecular complexity index is 139. The van der Waals surface area contributed by atoms with Crippen LogP contribution in [0.1, 0.15) is 0 Å². The minimum Gasteiger partial charge on any atom is -0.354 e. The summed E-state index contributed by atoms with van der Waals surface area (Å²) in [6.45, 7) is 5.33. The highest BCUT2D eigenvalue weighted by atomic mass is 32.2. The van der Waals surface area contributed by atoms with Gasteiger partial charge in [-0.2, -0.15) is 11.8 Å². The topological polar surface area (TPSA) is 41.1 Å². The maximum atomic E-state index is 11.0. The quantitative estimate of drug-likeness (QED) is 0.444. The number of amides is 1. The second kappa shape index (κ2) is 8.62. The summed E-state index contributed by atoms with van der Waals surface area (Å²) in [4.78, 5) is 11.0. The molecule has 0 bridgehead atoms. The Hall–Kier alpha value is -0.480. The van der Waals surface area contributed by atoms with E-state index in [1.807, 2.05) is 6.26 Å². The van der Waals surface area contributed by atoms with Crippen LogP contribution in [-0.4, -0.2) is 37.6 Å². The van der Waals surface area contributed by atoms with Gasteiger partial charge in [0.25, 0.3) is 0 Å². The first-order valence-corrected chi connectivity index (χ1v) is 5.28. The number of hydrogen-bond donors (Lipinski definition) is 2. The number of carbonyl (C=O) groups is 1. The zero-order valence-corrected chi connectivity index (χ0v) is 8.25. The summed E-state index contributed by atoms with van der Waals surface area (Å²) in [7, 11) is 0. The zero-order valence-electron chi connectivity index (χ0n) is 7.43. The molecule has 70 valence electrons. The number of hydrogen-bond acceptors (Lipinski definition) is 3. The van der Waals surface area contributed by atoms with E-state index in [2.05, 4.69) is 17.2 Å². The maximum Gasteiger partial charge on any atom is 0.233 e. The van der Waals surface area contributed by atoms with Gasteiger partial charge in [0.2, 0.25) is 5.91 Å². The van der Waals surface area contributed by atoms with E-state index in [1.54, 1.807) is 17.8 Å². The molecule has 0 saturated heterocycles. The number of carbonyl (C=O) groups excluding carboxylic acids is 1. The van der Waals surface area contributed by atoms with Gasteiger partial charge in [0.05, 0.1) is 6.54 Å². The molecule has 0 radical (unpaired) electrons. The fourth-order valence-corrected chi connectivity index (χ4v) is 0.949. The molecule has 0 spiro atoms. The Morgan fingerprint density at radius 3 is 3.00 bits per heavy atom. The highest BCUT2D eigenvalue weighted by Gasteiger charge is 1.96. The predicted molar refractivity (Wildman–Crippen MR) is 54.5 cm³/mol. The monoisotopic (exact) mass is 188 g/mol. The normalized spacial score (nSPS) is 9.42. The second-order valence-corrected chi connectivity index (χ2v) is 3.25. The Morgan fingerprint density at radius 2 is 2.42 bits per heavy atom. The van der Waals surface area contributed by atoms with Gasteiger partial charge in [-0.15, -0.1) is 6.58 Å². The minimum absolute atomic E-state index is 0.0471. The molecule has 0 aliphatic carbocycles. The summed E-state index contributed by atoms with van der Waals surface area (Å²) in [6, 6.07) is 0. The highest BCUT2D eigenvalue weighted by Crippen LogP contribution is 1.86. The van der Waals surface area contributed by atoms with Crippen molar-refractivity contribution >= 4 is 17.7 Å². The lowest BCUT2D eigenvalue weighted by Crippen LogP contribution is -2.35. The van der Waals surface area contributed by atoms with Crippen LogP contribution in [0.2, 0.25) is 0 Å². The van der Waals surface area contributed by atoms with Crippen molar-refractivity contribution in [2.45, 2.75) is 0 Å². The third-order valence-corrected chi connectivity index (χ3v) is 1.81. The molecule has 0 fully saturated rings. The standard InChI is InChI=1S/C8H16N2OS/c1-3-4-9-7-8(11)10-5-6-12-2/h3,9H,1,4-7H2,2H3,(H,10,11). The van der Waals surface area contributed by atoms with Crippen LogP contribution in [0.4, 0.5) is 0 Å². The summed E-state index contributed by atoms with van der Waals surface area (Å²) in [6.07, 6.45) is 3.75. The van der Waals surface area contributed by atoms with Gasteiger partial charge in [-0.1, -0.05) is 6.08 Å². The molecule has 0 saturated carbocycles. The van der Waals surface area contributed by atoms with Crippen LogP contribution in [0.15, 0.2) is 12.7 Å². The smallest absolute Gasteiger partial charge is 0.233 e. The van der Waals surface area contributed by atoms with Crippen LogP contribution in [0.5, 0.6) is 0 Å². The SMILES string of the molecule is C=CCNCC(=O)NCCSC. The fraction of sp³-hybridized carbons (Fsp3) is 0.625. The van der Waals surface area contributed by atoms with Gasteiger partial charge in [0.15, 0.2) is 0 Å². The Morgan fingerprint density at radius 1 is 1.67 bits per heavy atom. The Kier molecular flexibility index (Phi) is 8.27. The molecule has 0 aliphatic rings. The van der Waals surface area contributed by atoms with E-state index in [-0.39, 0.29) is 5.91 Å². The highest BCUT2D eigenvalue weighted by molar-refractivity contribution is 7.98. The molecule has 0 rings (SSSR count). The molecule has 0 aromatic rings. The molecule has 2 N–H and O–H groups in total. The van der Waals surface area contributed by atoms with Crippen molar-refractivity contribution in [1.82, 2.24) is 10.6 Å². The molecule has 0 atom stereocenters. The van der Waals surface area contributed by atoms with Gasteiger partial charge in [-0.3, -0.25) is 4.79 Å². The molecular formula is C8H16N2OS. The lowest BCUT2D eigenvalue weighted by molar-refractivity contribution is -0.120. The Labute approximate surface area is 78.0 Å². The molecule has 4 heteroatoms. The zero-order chi connectivity index (χ0) is 9.23. The van der Waals surface area contributed by atoms with E-state index in [4.69, 9.17) is 0 Å². The van der Waals surface area contributed by atoms with Gasteiger partial charge in [0, 0.05) is 18.8 Å². The first-order chi connectivity index (χ1) is 5.81. The van der Waals surface area contributed by atoms with Gasteiger partial charge in [-0.25, -0.2) is 0 Å². The molecule has 0 aliphatic heterocycles. The van der Waals surface area contributed by atoms with E-state index in [0.717, 1.165) is 12.3 Å². The lowest BCUT2D eigenvalue weighted by Gasteiger charge is -2.03. The van der Waals surface area contributed by atoms with Crippen molar-refractivity contribution in [2.24, 2.45) is 0 Å². The first kappa shape index (κ1) is 11.5. The van der Waals surface area contributed by atoms with Crippen molar-refractivity contribution in [3.8, 4) is 0 Å². The molecular weight excluding hydrogens is 172 g/mol. The van der Waals surface area contributed by atoms with Crippen LogP contribution >= 0.6 is 11.8 Å². The van der Waals surface area contributed by atoms with E-state index in [0.29, 0.717) is 13.1 Å². The minimum atomic E-state index is 0.0471. The summed E-state index contributed by atoms with van der Waals surface area (Å²) in [5.41, 5.74) is 0. The average Bonchev–Trinajstić information content (AvgIpc) is 2.06. The van der Waals surface area contributed by atoms with Crippen LogP contribution < -0.4 is 10.6 Å². The van der Waals surface area contributed by atoms with Crippen molar-refractivity contribution in [3.05, 3.63) is 12.7 Å². The first-order valence-electron chi connectivity index (χ1n) is 3.88. The molecule has 0 aromatic heterocycles. The van der Waals surface area contributed by atoms with E-state index < -0.39 is 0 Å². The van der Waals surface area contributed by atoms with Crippen LogP contribution in [0.3, 0.4) is 0 Å². The van der Waals surface area contributed by atoms with Crippen LogP contribution in [-0.2, 0) is 4.79 Å². The third kappa shape index (κ3) is 7.63. The van der Waals surface area contributed by atoms with Crippen LogP contribution in [0, 0.1) is 0 Å². The largest absolute Gasteiger partial charge is 0.354 e. The van der Waals surface area contributed by atoms with Crippen molar-refractivity contribution < 1.29 is 4.79 Å². The second-order valence-electron chi connectivity index (χ2n) is 2.26. The molecule has 0 heterocycles. The van der Waals surface area contributed by atoms with E-state index in [1.165, 1.54) is 0 Å².